The van der Waals surface area contributed by atoms with Crippen molar-refractivity contribution >= 4 is 22.9 Å². The summed E-state index contributed by atoms with van der Waals surface area (Å²) < 4.78 is 0. The van der Waals surface area contributed by atoms with E-state index in [4.69, 9.17) is 0 Å². The molecule has 0 bridgehead atoms. The first kappa shape index (κ1) is 11.8. The van der Waals surface area contributed by atoms with Crippen molar-refractivity contribution in [3.63, 3.8) is 0 Å². The average molecular weight is 246 g/mol. The Balaban J connectivity index is 1.87. The van der Waals surface area contributed by atoms with Crippen LogP contribution in [0.15, 0.2) is 35.2 Å². The van der Waals surface area contributed by atoms with Gasteiger partial charge >= 0.3 is 0 Å². The molecule has 0 aliphatic carbocycles. The zero-order chi connectivity index (χ0) is 12.1. The van der Waals surface area contributed by atoms with Gasteiger partial charge in [-0.1, -0.05) is 18.2 Å². The van der Waals surface area contributed by atoms with Gasteiger partial charge in [-0.05, 0) is 25.0 Å². The van der Waals surface area contributed by atoms with E-state index in [-0.39, 0.29) is 5.91 Å². The van der Waals surface area contributed by atoms with Crippen molar-refractivity contribution in [3.05, 3.63) is 46.4 Å². The highest BCUT2D eigenvalue weighted by Gasteiger charge is 2.05. The zero-order valence-electron chi connectivity index (χ0n) is 9.64. The topological polar surface area (TPSA) is 42.0 Å². The smallest absolute Gasteiger partial charge is 0.224 e. The van der Waals surface area contributed by atoms with Gasteiger partial charge < -0.3 is 5.32 Å². The van der Waals surface area contributed by atoms with Gasteiger partial charge in [-0.15, -0.1) is 11.3 Å². The molecule has 0 atom stereocenters. The number of hydrogen-bond donors (Lipinski definition) is 1. The Morgan fingerprint density at radius 3 is 2.94 bits per heavy atom. The summed E-state index contributed by atoms with van der Waals surface area (Å²) in [4.78, 5) is 15.9. The van der Waals surface area contributed by atoms with Crippen molar-refractivity contribution in [1.29, 1.82) is 0 Å². The van der Waals surface area contributed by atoms with Gasteiger partial charge in [-0.25, -0.2) is 4.98 Å². The number of rotatable bonds is 4. The molecule has 4 heteroatoms. The molecule has 3 nitrogen and oxygen atoms in total. The molecule has 0 spiro atoms. The summed E-state index contributed by atoms with van der Waals surface area (Å²) in [5.74, 6) is 0.0345. The van der Waals surface area contributed by atoms with Gasteiger partial charge in [-0.2, -0.15) is 0 Å². The standard InChI is InChI=1S/C13H14N2OS/c1-10-4-2-3-5-12(10)15-13(16)7-6-11-8-17-9-14-11/h2-5,8-9H,6-7H2,1H3,(H,15,16). The van der Waals surface area contributed by atoms with Crippen LogP contribution in [-0.4, -0.2) is 10.9 Å². The minimum Gasteiger partial charge on any atom is -0.326 e. The highest BCUT2D eigenvalue weighted by molar-refractivity contribution is 7.07. The Kier molecular flexibility index (Phi) is 3.88. The Morgan fingerprint density at radius 1 is 1.41 bits per heavy atom. The number of aryl methyl sites for hydroxylation is 2. The van der Waals surface area contributed by atoms with Gasteiger partial charge in [-0.3, -0.25) is 4.79 Å². The minimum absolute atomic E-state index is 0.0345. The molecule has 1 aromatic heterocycles. The highest BCUT2D eigenvalue weighted by Crippen LogP contribution is 2.13. The fourth-order valence-electron chi connectivity index (χ4n) is 1.53. The third-order valence-electron chi connectivity index (χ3n) is 2.51. The maximum Gasteiger partial charge on any atom is 0.224 e. The lowest BCUT2D eigenvalue weighted by Gasteiger charge is -2.07. The number of thiazole rings is 1. The SMILES string of the molecule is Cc1ccccc1NC(=O)CCc1cscn1. The number of para-hydroxylation sites is 1. The summed E-state index contributed by atoms with van der Waals surface area (Å²) in [6.45, 7) is 1.98. The van der Waals surface area contributed by atoms with Crippen LogP contribution in [0.4, 0.5) is 5.69 Å². The first-order chi connectivity index (χ1) is 8.25. The van der Waals surface area contributed by atoms with Crippen molar-refractivity contribution in [2.24, 2.45) is 0 Å². The van der Waals surface area contributed by atoms with Crippen LogP contribution < -0.4 is 5.32 Å². The van der Waals surface area contributed by atoms with Gasteiger partial charge in [0.2, 0.25) is 5.91 Å². The van der Waals surface area contributed by atoms with Crippen LogP contribution in [0, 0.1) is 6.92 Å². The molecule has 17 heavy (non-hydrogen) atoms. The Hall–Kier alpha value is -1.68. The predicted molar refractivity (Wildman–Crippen MR) is 70.2 cm³/mol. The summed E-state index contributed by atoms with van der Waals surface area (Å²) in [6, 6.07) is 7.77. The third-order valence-corrected chi connectivity index (χ3v) is 3.15. The molecule has 0 aliphatic heterocycles. The first-order valence-corrected chi connectivity index (χ1v) is 6.42. The lowest BCUT2D eigenvalue weighted by Crippen LogP contribution is -2.13. The van der Waals surface area contributed by atoms with E-state index in [0.717, 1.165) is 16.9 Å². The minimum atomic E-state index is 0.0345. The van der Waals surface area contributed by atoms with Crippen LogP contribution in [0.25, 0.3) is 0 Å². The average Bonchev–Trinajstić information content (AvgIpc) is 2.82. The van der Waals surface area contributed by atoms with Crippen LogP contribution in [-0.2, 0) is 11.2 Å². The number of anilines is 1. The molecule has 1 amide bonds. The second-order valence-electron chi connectivity index (χ2n) is 3.84. The molecular weight excluding hydrogens is 232 g/mol. The number of amides is 1. The van der Waals surface area contributed by atoms with Crippen molar-refractivity contribution in [3.8, 4) is 0 Å². The highest BCUT2D eigenvalue weighted by atomic mass is 32.1. The molecule has 0 aliphatic rings. The summed E-state index contributed by atoms with van der Waals surface area (Å²) in [5.41, 5.74) is 4.73. The fraction of sp³-hybridized carbons (Fsp3) is 0.231. The number of benzene rings is 1. The molecule has 0 radical (unpaired) electrons. The normalized spacial score (nSPS) is 10.2. The van der Waals surface area contributed by atoms with E-state index in [2.05, 4.69) is 10.3 Å². The summed E-state index contributed by atoms with van der Waals surface area (Å²) in [7, 11) is 0. The van der Waals surface area contributed by atoms with Crippen molar-refractivity contribution in [2.75, 3.05) is 5.32 Å². The van der Waals surface area contributed by atoms with Gasteiger partial charge in [0.25, 0.3) is 0 Å². The van der Waals surface area contributed by atoms with Crippen molar-refractivity contribution in [1.82, 2.24) is 4.98 Å². The number of nitrogens with zero attached hydrogens (tertiary/aromatic N) is 1. The van der Waals surface area contributed by atoms with Gasteiger partial charge in [0.05, 0.1) is 11.2 Å². The van der Waals surface area contributed by atoms with E-state index >= 15 is 0 Å². The number of carbonyl (C=O) groups excluding carboxylic acids is 1. The maximum atomic E-state index is 11.7. The van der Waals surface area contributed by atoms with E-state index in [9.17, 15) is 4.79 Å². The Morgan fingerprint density at radius 2 is 2.24 bits per heavy atom. The number of carbonyl (C=O) groups is 1. The molecule has 1 N–H and O–H groups in total. The van der Waals surface area contributed by atoms with Gasteiger partial charge in [0, 0.05) is 17.5 Å². The summed E-state index contributed by atoms with van der Waals surface area (Å²) >= 11 is 1.55. The largest absolute Gasteiger partial charge is 0.326 e. The Labute approximate surface area is 105 Å². The quantitative estimate of drug-likeness (QED) is 0.901. The zero-order valence-corrected chi connectivity index (χ0v) is 10.5. The molecule has 2 rings (SSSR count). The second kappa shape index (κ2) is 5.59. The Bertz CT molecular complexity index is 494. The van der Waals surface area contributed by atoms with E-state index in [1.807, 2.05) is 36.6 Å². The van der Waals surface area contributed by atoms with Crippen LogP contribution in [0.1, 0.15) is 17.7 Å². The lowest BCUT2D eigenvalue weighted by molar-refractivity contribution is -0.116. The maximum absolute atomic E-state index is 11.7. The summed E-state index contributed by atoms with van der Waals surface area (Å²) in [6.07, 6.45) is 1.17. The van der Waals surface area contributed by atoms with Gasteiger partial charge in [0.15, 0.2) is 0 Å². The molecule has 0 saturated heterocycles. The summed E-state index contributed by atoms with van der Waals surface area (Å²) in [5, 5.41) is 4.88. The fourth-order valence-corrected chi connectivity index (χ4v) is 2.12. The van der Waals surface area contributed by atoms with Gasteiger partial charge in [0.1, 0.15) is 0 Å². The molecule has 1 aromatic carbocycles. The molecule has 88 valence electrons. The van der Waals surface area contributed by atoms with Crippen LogP contribution >= 0.6 is 11.3 Å². The third kappa shape index (κ3) is 3.39. The van der Waals surface area contributed by atoms with E-state index < -0.39 is 0 Å². The molecule has 0 unspecified atom stereocenters. The second-order valence-corrected chi connectivity index (χ2v) is 4.56. The molecule has 2 aromatic rings. The molecule has 0 saturated carbocycles. The van der Waals surface area contributed by atoms with Crippen LogP contribution in [0.2, 0.25) is 0 Å². The first-order valence-electron chi connectivity index (χ1n) is 5.48. The molecular formula is C13H14N2OS. The van der Waals surface area contributed by atoms with Crippen LogP contribution in [0.5, 0.6) is 0 Å². The molecule has 1 heterocycles. The van der Waals surface area contributed by atoms with E-state index in [1.54, 1.807) is 16.8 Å². The van der Waals surface area contributed by atoms with E-state index in [1.165, 1.54) is 0 Å². The molecule has 0 fully saturated rings. The number of aromatic nitrogens is 1. The lowest BCUT2D eigenvalue weighted by atomic mass is 10.2. The van der Waals surface area contributed by atoms with Crippen LogP contribution in [0.3, 0.4) is 0 Å². The number of nitrogens with one attached hydrogen (secondary N) is 1. The predicted octanol–water partition coefficient (Wildman–Crippen LogP) is 3.02. The number of hydrogen-bond acceptors (Lipinski definition) is 3. The van der Waals surface area contributed by atoms with E-state index in [0.29, 0.717) is 12.8 Å². The van der Waals surface area contributed by atoms with Crippen molar-refractivity contribution in [2.45, 2.75) is 19.8 Å². The monoisotopic (exact) mass is 246 g/mol. The van der Waals surface area contributed by atoms with Crippen molar-refractivity contribution < 1.29 is 4.79 Å².